The van der Waals surface area contributed by atoms with E-state index in [-0.39, 0.29) is 22.9 Å². The van der Waals surface area contributed by atoms with Gasteiger partial charge in [-0.2, -0.15) is 0 Å². The molecule has 2 aromatic rings. The number of hydrogen-bond donors (Lipinski definition) is 1. The summed E-state index contributed by atoms with van der Waals surface area (Å²) >= 11 is 0. The quantitative estimate of drug-likeness (QED) is 0.852. The van der Waals surface area contributed by atoms with Crippen LogP contribution in [0.5, 0.6) is 0 Å². The fraction of sp³-hybridized carbons (Fsp3) is 0.143. The van der Waals surface area contributed by atoms with Crippen LogP contribution in [0.15, 0.2) is 47.5 Å². The van der Waals surface area contributed by atoms with Crippen molar-refractivity contribution in [3.05, 3.63) is 54.0 Å². The van der Waals surface area contributed by atoms with Gasteiger partial charge in [-0.25, -0.2) is 22.6 Å². The Morgan fingerprint density at radius 1 is 1.27 bits per heavy atom. The molecule has 8 heteroatoms. The molecule has 0 spiro atoms. The van der Waals surface area contributed by atoms with E-state index in [0.717, 1.165) is 24.3 Å². The minimum absolute atomic E-state index is 0.00460. The molecule has 116 valence electrons. The van der Waals surface area contributed by atoms with Gasteiger partial charge in [0.1, 0.15) is 11.4 Å². The molecular formula is C14H13FN2O4S. The van der Waals surface area contributed by atoms with Gasteiger partial charge in [0.25, 0.3) is 10.0 Å². The van der Waals surface area contributed by atoms with Crippen LogP contribution in [0.3, 0.4) is 0 Å². The molecule has 2 rings (SSSR count). The third-order valence-corrected chi connectivity index (χ3v) is 4.01. The van der Waals surface area contributed by atoms with Crippen LogP contribution in [0.4, 0.5) is 10.2 Å². The Balaban J connectivity index is 2.34. The number of hydrogen-bond acceptors (Lipinski definition) is 5. The molecule has 1 heterocycles. The molecule has 0 atom stereocenters. The molecule has 0 saturated heterocycles. The number of carbonyl (C=O) groups is 1. The number of pyridine rings is 1. The van der Waals surface area contributed by atoms with Crippen molar-refractivity contribution in [2.24, 2.45) is 0 Å². The minimum Gasteiger partial charge on any atom is -0.462 e. The largest absolute Gasteiger partial charge is 0.462 e. The van der Waals surface area contributed by atoms with E-state index in [1.165, 1.54) is 18.3 Å². The molecule has 22 heavy (non-hydrogen) atoms. The fourth-order valence-corrected chi connectivity index (χ4v) is 2.69. The highest BCUT2D eigenvalue weighted by atomic mass is 32.2. The Hall–Kier alpha value is -2.48. The summed E-state index contributed by atoms with van der Waals surface area (Å²) in [5.41, 5.74) is -0.00460. The summed E-state index contributed by atoms with van der Waals surface area (Å²) in [5.74, 6) is -1.39. The van der Waals surface area contributed by atoms with E-state index in [4.69, 9.17) is 4.74 Å². The second-order valence-corrected chi connectivity index (χ2v) is 5.86. The molecule has 0 aliphatic rings. The lowest BCUT2D eigenvalue weighted by molar-refractivity contribution is 0.0527. The summed E-state index contributed by atoms with van der Waals surface area (Å²) in [5, 5.41) is 0. The van der Waals surface area contributed by atoms with E-state index in [1.54, 1.807) is 6.92 Å². The lowest BCUT2D eigenvalue weighted by Gasteiger charge is -2.10. The van der Waals surface area contributed by atoms with Crippen molar-refractivity contribution in [3.8, 4) is 0 Å². The lowest BCUT2D eigenvalue weighted by atomic mass is 10.2. The van der Waals surface area contributed by atoms with Gasteiger partial charge in [-0.1, -0.05) is 0 Å². The molecular weight excluding hydrogens is 311 g/mol. The number of aromatic nitrogens is 1. The van der Waals surface area contributed by atoms with E-state index >= 15 is 0 Å². The van der Waals surface area contributed by atoms with Crippen LogP contribution in [0.25, 0.3) is 0 Å². The predicted octanol–water partition coefficient (Wildman–Crippen LogP) is 2.20. The minimum atomic E-state index is -3.99. The van der Waals surface area contributed by atoms with Crippen molar-refractivity contribution < 1.29 is 22.3 Å². The van der Waals surface area contributed by atoms with E-state index < -0.39 is 21.8 Å². The van der Waals surface area contributed by atoms with Crippen molar-refractivity contribution in [1.29, 1.82) is 0 Å². The van der Waals surface area contributed by atoms with Gasteiger partial charge in [-0.3, -0.25) is 4.72 Å². The lowest BCUT2D eigenvalue weighted by Crippen LogP contribution is -2.17. The number of ether oxygens (including phenoxy) is 1. The van der Waals surface area contributed by atoms with Gasteiger partial charge >= 0.3 is 5.97 Å². The standard InChI is InChI=1S/C14H13FN2O4S/c1-2-21-14(18)12-4-3-9-16-13(12)17-22(19,20)11-7-5-10(15)6-8-11/h3-9H,2H2,1H3,(H,16,17). The molecule has 1 N–H and O–H groups in total. The van der Waals surface area contributed by atoms with Crippen LogP contribution in [-0.4, -0.2) is 26.0 Å². The number of esters is 1. The molecule has 0 bridgehead atoms. The molecule has 0 unspecified atom stereocenters. The van der Waals surface area contributed by atoms with Crippen molar-refractivity contribution >= 4 is 21.8 Å². The van der Waals surface area contributed by atoms with Gasteiger partial charge in [0.15, 0.2) is 5.82 Å². The van der Waals surface area contributed by atoms with Crippen LogP contribution in [0.1, 0.15) is 17.3 Å². The zero-order chi connectivity index (χ0) is 16.2. The number of carbonyl (C=O) groups excluding carboxylic acids is 1. The monoisotopic (exact) mass is 324 g/mol. The first-order valence-corrected chi connectivity index (χ1v) is 7.83. The molecule has 0 aliphatic heterocycles. The fourth-order valence-electron chi connectivity index (χ4n) is 1.66. The Bertz CT molecular complexity index is 776. The smallest absolute Gasteiger partial charge is 0.341 e. The normalized spacial score (nSPS) is 11.0. The Kier molecular flexibility index (Phi) is 4.71. The van der Waals surface area contributed by atoms with Crippen LogP contribution < -0.4 is 4.72 Å². The summed E-state index contributed by atoms with van der Waals surface area (Å²) in [6, 6.07) is 7.17. The topological polar surface area (TPSA) is 85.4 Å². The molecule has 0 radical (unpaired) electrons. The highest BCUT2D eigenvalue weighted by Gasteiger charge is 2.20. The van der Waals surface area contributed by atoms with Gasteiger partial charge in [0.2, 0.25) is 0 Å². The van der Waals surface area contributed by atoms with Crippen molar-refractivity contribution in [1.82, 2.24) is 4.98 Å². The van der Waals surface area contributed by atoms with Crippen molar-refractivity contribution in [2.75, 3.05) is 11.3 Å². The average molecular weight is 324 g/mol. The zero-order valence-corrected chi connectivity index (χ0v) is 12.4. The first-order valence-electron chi connectivity index (χ1n) is 6.34. The van der Waals surface area contributed by atoms with Crippen molar-refractivity contribution in [2.45, 2.75) is 11.8 Å². The Morgan fingerprint density at radius 3 is 2.59 bits per heavy atom. The van der Waals surface area contributed by atoms with Crippen LogP contribution in [0.2, 0.25) is 0 Å². The zero-order valence-electron chi connectivity index (χ0n) is 11.6. The van der Waals surface area contributed by atoms with E-state index in [1.807, 2.05) is 0 Å². The number of rotatable bonds is 5. The van der Waals surface area contributed by atoms with Crippen LogP contribution in [-0.2, 0) is 14.8 Å². The molecule has 0 saturated carbocycles. The van der Waals surface area contributed by atoms with Gasteiger partial charge in [-0.05, 0) is 43.3 Å². The molecule has 0 amide bonds. The summed E-state index contributed by atoms with van der Waals surface area (Å²) in [6.07, 6.45) is 1.34. The maximum Gasteiger partial charge on any atom is 0.341 e. The van der Waals surface area contributed by atoms with E-state index in [2.05, 4.69) is 9.71 Å². The SMILES string of the molecule is CCOC(=O)c1cccnc1NS(=O)(=O)c1ccc(F)cc1. The highest BCUT2D eigenvalue weighted by Crippen LogP contribution is 2.18. The van der Waals surface area contributed by atoms with Gasteiger partial charge < -0.3 is 4.74 Å². The Morgan fingerprint density at radius 2 is 1.95 bits per heavy atom. The summed E-state index contributed by atoms with van der Waals surface area (Å²) in [7, 11) is -3.99. The molecule has 0 fully saturated rings. The van der Waals surface area contributed by atoms with Gasteiger partial charge in [0.05, 0.1) is 11.5 Å². The van der Waals surface area contributed by atoms with Gasteiger partial charge in [-0.15, -0.1) is 0 Å². The maximum atomic E-state index is 12.9. The van der Waals surface area contributed by atoms with Crippen LogP contribution >= 0.6 is 0 Å². The Labute approximate surface area is 127 Å². The predicted molar refractivity (Wildman–Crippen MR) is 77.4 cm³/mol. The average Bonchev–Trinajstić information content (AvgIpc) is 2.48. The third-order valence-electron chi connectivity index (χ3n) is 2.66. The van der Waals surface area contributed by atoms with E-state index in [9.17, 15) is 17.6 Å². The number of nitrogens with zero attached hydrogens (tertiary/aromatic N) is 1. The van der Waals surface area contributed by atoms with Gasteiger partial charge in [0, 0.05) is 6.20 Å². The highest BCUT2D eigenvalue weighted by molar-refractivity contribution is 7.92. The van der Waals surface area contributed by atoms with Crippen molar-refractivity contribution in [3.63, 3.8) is 0 Å². The molecule has 6 nitrogen and oxygen atoms in total. The second-order valence-electron chi connectivity index (χ2n) is 4.18. The number of sulfonamides is 1. The number of nitrogens with one attached hydrogen (secondary N) is 1. The van der Waals surface area contributed by atoms with Crippen LogP contribution in [0, 0.1) is 5.82 Å². The first-order chi connectivity index (χ1) is 10.4. The third kappa shape index (κ3) is 3.59. The second kappa shape index (κ2) is 6.52. The van der Waals surface area contributed by atoms with E-state index in [0.29, 0.717) is 0 Å². The summed E-state index contributed by atoms with van der Waals surface area (Å²) < 4.78 is 44.3. The number of benzene rings is 1. The molecule has 0 aliphatic carbocycles. The molecule has 1 aromatic heterocycles. The maximum absolute atomic E-state index is 12.9. The summed E-state index contributed by atoms with van der Waals surface area (Å²) in [4.78, 5) is 15.5. The molecule has 1 aromatic carbocycles. The number of anilines is 1. The number of halogens is 1. The summed E-state index contributed by atoms with van der Waals surface area (Å²) in [6.45, 7) is 1.79. The first kappa shape index (κ1) is 15.9.